The summed E-state index contributed by atoms with van der Waals surface area (Å²) in [6.07, 6.45) is 2.15. The molecule has 2 aromatic rings. The van der Waals surface area contributed by atoms with E-state index >= 15 is 0 Å². The van der Waals surface area contributed by atoms with Gasteiger partial charge in [-0.2, -0.15) is 0 Å². The maximum Gasteiger partial charge on any atom is 0.339 e. The number of nitrogens with zero attached hydrogens (tertiary/aromatic N) is 1. The van der Waals surface area contributed by atoms with Crippen molar-refractivity contribution in [3.8, 4) is 0 Å². The number of rotatable bonds is 5. The molecule has 0 aliphatic carbocycles. The lowest BCUT2D eigenvalue weighted by Gasteiger charge is -2.10. The van der Waals surface area contributed by atoms with Crippen LogP contribution in [0.15, 0.2) is 36.5 Å². The van der Waals surface area contributed by atoms with Crippen molar-refractivity contribution in [3.05, 3.63) is 59.0 Å². The number of aryl methyl sites for hydroxylation is 1. The van der Waals surface area contributed by atoms with Gasteiger partial charge in [0.15, 0.2) is 0 Å². The van der Waals surface area contributed by atoms with Crippen LogP contribution in [0.25, 0.3) is 0 Å². The van der Waals surface area contributed by atoms with Crippen LogP contribution in [0, 0.1) is 12.7 Å². The van der Waals surface area contributed by atoms with E-state index in [0.717, 1.165) is 5.56 Å². The normalized spacial score (nSPS) is 10.3. The number of pyridine rings is 1. The molecule has 1 aromatic carbocycles. The van der Waals surface area contributed by atoms with Crippen molar-refractivity contribution in [1.82, 2.24) is 4.98 Å². The van der Waals surface area contributed by atoms with Gasteiger partial charge in [0.05, 0.1) is 0 Å². The molecule has 4 nitrogen and oxygen atoms in total. The Bertz CT molecular complexity index is 629. The molecule has 0 fully saturated rings. The standard InChI is InChI=1S/C15H15FN2O2/c1-10-5-7-17-14(13(10)15(19)20)18-8-6-11-3-2-4-12(16)9-11/h2-5,7,9H,6,8H2,1H3,(H,17,18)(H,19,20). The van der Waals surface area contributed by atoms with Gasteiger partial charge >= 0.3 is 5.97 Å². The van der Waals surface area contributed by atoms with Gasteiger partial charge in [-0.15, -0.1) is 0 Å². The monoisotopic (exact) mass is 274 g/mol. The lowest BCUT2D eigenvalue weighted by Crippen LogP contribution is -2.12. The van der Waals surface area contributed by atoms with Crippen LogP contribution >= 0.6 is 0 Å². The molecule has 0 aliphatic heterocycles. The molecular weight excluding hydrogens is 259 g/mol. The highest BCUT2D eigenvalue weighted by Crippen LogP contribution is 2.16. The Morgan fingerprint density at radius 3 is 2.90 bits per heavy atom. The van der Waals surface area contributed by atoms with E-state index in [1.807, 2.05) is 6.07 Å². The van der Waals surface area contributed by atoms with E-state index in [4.69, 9.17) is 5.11 Å². The predicted octanol–water partition coefficient (Wildman–Crippen LogP) is 2.88. The van der Waals surface area contributed by atoms with E-state index in [9.17, 15) is 9.18 Å². The molecule has 0 spiro atoms. The molecule has 1 heterocycles. The van der Waals surface area contributed by atoms with Gasteiger partial charge in [0.25, 0.3) is 0 Å². The maximum absolute atomic E-state index is 13.0. The Balaban J connectivity index is 2.05. The summed E-state index contributed by atoms with van der Waals surface area (Å²) < 4.78 is 13.0. The molecule has 0 unspecified atom stereocenters. The molecule has 0 bridgehead atoms. The number of halogens is 1. The number of aromatic carboxylic acids is 1. The van der Waals surface area contributed by atoms with Gasteiger partial charge in [-0.25, -0.2) is 14.2 Å². The zero-order chi connectivity index (χ0) is 14.5. The van der Waals surface area contributed by atoms with Crippen molar-refractivity contribution in [2.24, 2.45) is 0 Å². The zero-order valence-electron chi connectivity index (χ0n) is 11.1. The SMILES string of the molecule is Cc1ccnc(NCCc2cccc(F)c2)c1C(=O)O. The van der Waals surface area contributed by atoms with Crippen molar-refractivity contribution in [2.75, 3.05) is 11.9 Å². The first-order valence-electron chi connectivity index (χ1n) is 6.25. The van der Waals surface area contributed by atoms with Crippen molar-refractivity contribution in [2.45, 2.75) is 13.3 Å². The summed E-state index contributed by atoms with van der Waals surface area (Å²) in [7, 11) is 0. The van der Waals surface area contributed by atoms with Gasteiger partial charge in [0.2, 0.25) is 0 Å². The highest BCUT2D eigenvalue weighted by atomic mass is 19.1. The van der Waals surface area contributed by atoms with Gasteiger partial charge in [-0.3, -0.25) is 0 Å². The first-order chi connectivity index (χ1) is 9.58. The smallest absolute Gasteiger partial charge is 0.339 e. The van der Waals surface area contributed by atoms with Crippen LogP contribution in [-0.2, 0) is 6.42 Å². The Hall–Kier alpha value is -2.43. The van der Waals surface area contributed by atoms with Crippen LogP contribution in [0.2, 0.25) is 0 Å². The Morgan fingerprint density at radius 1 is 1.40 bits per heavy atom. The average Bonchev–Trinajstić information content (AvgIpc) is 2.38. The quantitative estimate of drug-likeness (QED) is 0.880. The number of aromatic nitrogens is 1. The summed E-state index contributed by atoms with van der Waals surface area (Å²) in [5, 5.41) is 12.2. The van der Waals surface area contributed by atoms with E-state index in [-0.39, 0.29) is 11.4 Å². The van der Waals surface area contributed by atoms with E-state index < -0.39 is 5.97 Å². The second kappa shape index (κ2) is 6.14. The number of benzene rings is 1. The fraction of sp³-hybridized carbons (Fsp3) is 0.200. The largest absolute Gasteiger partial charge is 0.478 e. The average molecular weight is 274 g/mol. The second-order valence-corrected chi connectivity index (χ2v) is 4.46. The highest BCUT2D eigenvalue weighted by molar-refractivity contribution is 5.94. The number of anilines is 1. The first kappa shape index (κ1) is 14.0. The van der Waals surface area contributed by atoms with Crippen LogP contribution in [0.3, 0.4) is 0 Å². The minimum atomic E-state index is -1.01. The third kappa shape index (κ3) is 3.32. The predicted molar refractivity (Wildman–Crippen MR) is 74.5 cm³/mol. The van der Waals surface area contributed by atoms with E-state index in [0.29, 0.717) is 24.3 Å². The van der Waals surface area contributed by atoms with Crippen molar-refractivity contribution in [1.29, 1.82) is 0 Å². The molecule has 0 atom stereocenters. The van der Waals surface area contributed by atoms with Gasteiger partial charge in [-0.1, -0.05) is 12.1 Å². The van der Waals surface area contributed by atoms with Crippen LogP contribution < -0.4 is 5.32 Å². The van der Waals surface area contributed by atoms with Crippen molar-refractivity contribution in [3.63, 3.8) is 0 Å². The molecule has 0 saturated heterocycles. The molecule has 5 heteroatoms. The third-order valence-corrected chi connectivity index (χ3v) is 2.97. The van der Waals surface area contributed by atoms with Crippen LogP contribution in [0.4, 0.5) is 10.2 Å². The Morgan fingerprint density at radius 2 is 2.20 bits per heavy atom. The van der Waals surface area contributed by atoms with Gasteiger partial charge < -0.3 is 10.4 Å². The molecule has 20 heavy (non-hydrogen) atoms. The molecule has 1 aromatic heterocycles. The zero-order valence-corrected chi connectivity index (χ0v) is 11.1. The number of carboxylic acids is 1. The lowest BCUT2D eigenvalue weighted by molar-refractivity contribution is 0.0697. The summed E-state index contributed by atoms with van der Waals surface area (Å²) in [5.74, 6) is -0.944. The van der Waals surface area contributed by atoms with Crippen molar-refractivity contribution >= 4 is 11.8 Å². The van der Waals surface area contributed by atoms with E-state index in [1.54, 1.807) is 25.3 Å². The minimum absolute atomic E-state index is 0.173. The van der Waals surface area contributed by atoms with Gasteiger partial charge in [0.1, 0.15) is 17.2 Å². The fourth-order valence-electron chi connectivity index (χ4n) is 1.98. The molecule has 0 amide bonds. The van der Waals surface area contributed by atoms with Crippen LogP contribution in [-0.4, -0.2) is 22.6 Å². The molecule has 0 radical (unpaired) electrons. The van der Waals surface area contributed by atoms with Gasteiger partial charge in [-0.05, 0) is 42.7 Å². The maximum atomic E-state index is 13.0. The number of hydrogen-bond donors (Lipinski definition) is 2. The molecule has 2 rings (SSSR count). The number of hydrogen-bond acceptors (Lipinski definition) is 3. The fourth-order valence-corrected chi connectivity index (χ4v) is 1.98. The molecule has 0 saturated carbocycles. The van der Waals surface area contributed by atoms with E-state index in [2.05, 4.69) is 10.3 Å². The number of nitrogens with one attached hydrogen (secondary N) is 1. The molecule has 0 aliphatic rings. The van der Waals surface area contributed by atoms with Crippen LogP contribution in [0.1, 0.15) is 21.5 Å². The topological polar surface area (TPSA) is 62.2 Å². The number of carbonyl (C=O) groups is 1. The summed E-state index contributed by atoms with van der Waals surface area (Å²) in [5.41, 5.74) is 1.68. The first-order valence-corrected chi connectivity index (χ1v) is 6.25. The summed E-state index contributed by atoms with van der Waals surface area (Å²) in [4.78, 5) is 15.2. The molecular formula is C15H15FN2O2. The molecule has 2 N–H and O–H groups in total. The van der Waals surface area contributed by atoms with Gasteiger partial charge in [0, 0.05) is 12.7 Å². The third-order valence-electron chi connectivity index (χ3n) is 2.97. The highest BCUT2D eigenvalue weighted by Gasteiger charge is 2.13. The minimum Gasteiger partial charge on any atom is -0.478 e. The lowest BCUT2D eigenvalue weighted by atomic mass is 10.1. The number of carboxylic acid groups (broad SMARTS) is 1. The summed E-state index contributed by atoms with van der Waals surface area (Å²) in [6, 6.07) is 7.98. The Labute approximate surface area is 116 Å². The van der Waals surface area contributed by atoms with Crippen molar-refractivity contribution < 1.29 is 14.3 Å². The van der Waals surface area contributed by atoms with E-state index in [1.165, 1.54) is 12.1 Å². The van der Waals surface area contributed by atoms with Crippen LogP contribution in [0.5, 0.6) is 0 Å². The molecule has 104 valence electrons. The second-order valence-electron chi connectivity index (χ2n) is 4.46. The summed E-state index contributed by atoms with van der Waals surface area (Å²) in [6.45, 7) is 2.21. The summed E-state index contributed by atoms with van der Waals surface area (Å²) >= 11 is 0. The Kier molecular flexibility index (Phi) is 4.30.